The number of aromatic nitrogens is 2. The zero-order chi connectivity index (χ0) is 31.4. The van der Waals surface area contributed by atoms with Crippen molar-refractivity contribution in [3.8, 4) is 11.4 Å². The number of piperidine rings is 1. The van der Waals surface area contributed by atoms with Crippen LogP contribution < -0.4 is 16.4 Å². The number of carbonyl (C=O) groups excluding carboxylic acids is 3. The Morgan fingerprint density at radius 3 is 2.40 bits per heavy atom. The summed E-state index contributed by atoms with van der Waals surface area (Å²) in [7, 11) is 0. The van der Waals surface area contributed by atoms with Gasteiger partial charge in [-0.15, -0.1) is 0 Å². The van der Waals surface area contributed by atoms with Gasteiger partial charge in [0.2, 0.25) is 0 Å². The molecule has 12 nitrogen and oxygen atoms in total. The number of nitrogens with one attached hydrogen (secondary N) is 3. The highest BCUT2D eigenvalue weighted by Gasteiger charge is 2.26. The minimum Gasteiger partial charge on any atom is -0.446 e. The third-order valence-corrected chi connectivity index (χ3v) is 7.33. The van der Waals surface area contributed by atoms with Gasteiger partial charge in [0, 0.05) is 61.4 Å². The highest BCUT2D eigenvalue weighted by Crippen LogP contribution is 2.23. The van der Waals surface area contributed by atoms with Crippen LogP contribution in [0.5, 0.6) is 0 Å². The van der Waals surface area contributed by atoms with Gasteiger partial charge in [-0.05, 0) is 42.5 Å². The molecule has 236 valence electrons. The van der Waals surface area contributed by atoms with Crippen LogP contribution in [0.25, 0.3) is 22.4 Å². The summed E-state index contributed by atoms with van der Waals surface area (Å²) in [5, 5.41) is 5.48. The number of hydrogen-bond donors (Lipinski definition) is 4. The SMILES string of the molecule is NCCOCCOCCNC(=O)c1cccc(NC(=O)OC2CCN(C(=O)c3ccc(-c4nc5ccccc5[nH]4)cc3)CC2)c1. The molecule has 1 aromatic heterocycles. The van der Waals surface area contributed by atoms with E-state index in [0.29, 0.717) is 82.3 Å². The molecule has 3 amide bonds. The molecule has 1 aliphatic heterocycles. The van der Waals surface area contributed by atoms with E-state index in [-0.39, 0.29) is 17.9 Å². The summed E-state index contributed by atoms with van der Waals surface area (Å²) in [4.78, 5) is 47.9. The van der Waals surface area contributed by atoms with E-state index in [0.717, 1.165) is 22.4 Å². The first-order chi connectivity index (χ1) is 22.0. The molecule has 1 fully saturated rings. The smallest absolute Gasteiger partial charge is 0.411 e. The molecule has 0 spiro atoms. The normalized spacial score (nSPS) is 13.5. The van der Waals surface area contributed by atoms with Crippen molar-refractivity contribution < 1.29 is 28.6 Å². The first-order valence-corrected chi connectivity index (χ1v) is 15.1. The van der Waals surface area contributed by atoms with Crippen molar-refractivity contribution in [3.05, 3.63) is 83.9 Å². The Bertz CT molecular complexity index is 1550. The van der Waals surface area contributed by atoms with Crippen LogP contribution in [-0.2, 0) is 14.2 Å². The van der Waals surface area contributed by atoms with Gasteiger partial charge >= 0.3 is 6.09 Å². The number of para-hydroxylation sites is 2. The van der Waals surface area contributed by atoms with E-state index in [4.69, 9.17) is 19.9 Å². The molecule has 2 heterocycles. The number of fused-ring (bicyclic) bond motifs is 1. The van der Waals surface area contributed by atoms with Crippen molar-refractivity contribution in [2.24, 2.45) is 5.73 Å². The zero-order valence-corrected chi connectivity index (χ0v) is 25.0. The average molecular weight is 615 g/mol. The standard InChI is InChI=1S/C33H38N6O6/c34-14-18-43-20-21-44-19-15-35-31(40)25-4-3-5-26(22-25)36-33(42)45-27-12-16-39(17-13-27)32(41)24-10-8-23(9-11-24)30-37-28-6-1-2-7-29(28)38-30/h1-11,22,27H,12-21,34H2,(H,35,40)(H,36,42)(H,37,38). The Kier molecular flexibility index (Phi) is 11.1. The quantitative estimate of drug-likeness (QED) is 0.165. The lowest BCUT2D eigenvalue weighted by Crippen LogP contribution is -2.41. The van der Waals surface area contributed by atoms with Crippen molar-refractivity contribution in [2.45, 2.75) is 18.9 Å². The minimum absolute atomic E-state index is 0.0627. The van der Waals surface area contributed by atoms with Crippen LogP contribution >= 0.6 is 0 Å². The maximum Gasteiger partial charge on any atom is 0.411 e. The third kappa shape index (κ3) is 8.88. The van der Waals surface area contributed by atoms with Crippen LogP contribution in [0.3, 0.4) is 0 Å². The van der Waals surface area contributed by atoms with Crippen LogP contribution in [0.15, 0.2) is 72.8 Å². The number of hydrogen-bond acceptors (Lipinski definition) is 8. The molecule has 0 unspecified atom stereocenters. The summed E-state index contributed by atoms with van der Waals surface area (Å²) in [5.41, 5.74) is 9.54. The third-order valence-electron chi connectivity index (χ3n) is 7.33. The van der Waals surface area contributed by atoms with Crippen LogP contribution in [0, 0.1) is 0 Å². The second-order valence-electron chi connectivity index (χ2n) is 10.6. The molecule has 0 bridgehead atoms. The van der Waals surface area contributed by atoms with E-state index in [2.05, 4.69) is 20.6 Å². The van der Waals surface area contributed by atoms with Gasteiger partial charge in [0.15, 0.2) is 0 Å². The van der Waals surface area contributed by atoms with Crippen molar-refractivity contribution in [2.75, 3.05) is 57.9 Å². The highest BCUT2D eigenvalue weighted by atomic mass is 16.6. The zero-order valence-electron chi connectivity index (χ0n) is 25.0. The summed E-state index contributed by atoms with van der Waals surface area (Å²) in [6, 6.07) is 21.8. The van der Waals surface area contributed by atoms with Gasteiger partial charge in [0.05, 0.1) is 37.5 Å². The fraction of sp³-hybridized carbons (Fsp3) is 0.333. The van der Waals surface area contributed by atoms with Crippen molar-refractivity contribution in [1.29, 1.82) is 0 Å². The fourth-order valence-electron chi connectivity index (χ4n) is 5.00. The van der Waals surface area contributed by atoms with Gasteiger partial charge < -0.3 is 35.1 Å². The predicted molar refractivity (Wildman–Crippen MR) is 170 cm³/mol. The molecule has 5 N–H and O–H groups in total. The summed E-state index contributed by atoms with van der Waals surface area (Å²) >= 11 is 0. The van der Waals surface area contributed by atoms with Crippen molar-refractivity contribution >= 4 is 34.6 Å². The lowest BCUT2D eigenvalue weighted by Gasteiger charge is -2.31. The van der Waals surface area contributed by atoms with Crippen LogP contribution in [-0.4, -0.2) is 91.5 Å². The molecule has 1 saturated heterocycles. The molecule has 5 rings (SSSR count). The molecule has 0 saturated carbocycles. The predicted octanol–water partition coefficient (Wildman–Crippen LogP) is 3.80. The second-order valence-corrected chi connectivity index (χ2v) is 10.6. The molecule has 12 heteroatoms. The molecular weight excluding hydrogens is 576 g/mol. The molecule has 0 atom stereocenters. The Morgan fingerprint density at radius 2 is 1.64 bits per heavy atom. The molecule has 45 heavy (non-hydrogen) atoms. The van der Waals surface area contributed by atoms with Gasteiger partial charge in [0.25, 0.3) is 11.8 Å². The number of likely N-dealkylation sites (tertiary alicyclic amines) is 1. The largest absolute Gasteiger partial charge is 0.446 e. The number of amides is 3. The van der Waals surface area contributed by atoms with E-state index >= 15 is 0 Å². The number of aromatic amines is 1. The van der Waals surface area contributed by atoms with Crippen LogP contribution in [0.4, 0.5) is 10.5 Å². The van der Waals surface area contributed by atoms with Gasteiger partial charge in [-0.1, -0.05) is 30.3 Å². The van der Waals surface area contributed by atoms with Crippen LogP contribution in [0.1, 0.15) is 33.6 Å². The number of rotatable bonds is 13. The van der Waals surface area contributed by atoms with E-state index in [1.807, 2.05) is 48.5 Å². The topological polar surface area (TPSA) is 161 Å². The van der Waals surface area contributed by atoms with Gasteiger partial charge in [-0.2, -0.15) is 0 Å². The number of nitrogens with zero attached hydrogens (tertiary/aromatic N) is 2. The molecule has 0 radical (unpaired) electrons. The number of anilines is 1. The number of H-pyrrole nitrogens is 1. The molecule has 1 aliphatic rings. The van der Waals surface area contributed by atoms with Gasteiger partial charge in [-0.25, -0.2) is 9.78 Å². The van der Waals surface area contributed by atoms with E-state index in [1.54, 1.807) is 29.2 Å². The Labute approximate surface area is 261 Å². The molecule has 3 aromatic carbocycles. The Balaban J connectivity index is 1.03. The molecule has 0 aliphatic carbocycles. The maximum absolute atomic E-state index is 13.1. The summed E-state index contributed by atoms with van der Waals surface area (Å²) < 4.78 is 16.2. The molecule has 4 aromatic rings. The summed E-state index contributed by atoms with van der Waals surface area (Å²) in [6.45, 7) is 3.46. The highest BCUT2D eigenvalue weighted by molar-refractivity contribution is 5.96. The van der Waals surface area contributed by atoms with Crippen molar-refractivity contribution in [1.82, 2.24) is 20.2 Å². The number of ether oxygens (including phenoxy) is 3. The number of imidazole rings is 1. The second kappa shape index (κ2) is 15.8. The number of benzene rings is 3. The first-order valence-electron chi connectivity index (χ1n) is 15.1. The maximum atomic E-state index is 13.1. The molecular formula is C33H38N6O6. The Hall–Kier alpha value is -4.78. The fourth-order valence-corrected chi connectivity index (χ4v) is 5.00. The number of carbonyl (C=O) groups is 3. The van der Waals surface area contributed by atoms with E-state index in [1.165, 1.54) is 0 Å². The summed E-state index contributed by atoms with van der Waals surface area (Å²) in [6.07, 6.45) is 0.125. The van der Waals surface area contributed by atoms with Crippen LogP contribution in [0.2, 0.25) is 0 Å². The van der Waals surface area contributed by atoms with E-state index in [9.17, 15) is 14.4 Å². The summed E-state index contributed by atoms with van der Waals surface area (Å²) in [5.74, 6) is 0.409. The van der Waals surface area contributed by atoms with Crippen molar-refractivity contribution in [3.63, 3.8) is 0 Å². The number of nitrogens with two attached hydrogens (primary N) is 1. The van der Waals surface area contributed by atoms with Gasteiger partial charge in [0.1, 0.15) is 11.9 Å². The minimum atomic E-state index is -0.608. The lowest BCUT2D eigenvalue weighted by atomic mass is 10.1. The van der Waals surface area contributed by atoms with E-state index < -0.39 is 6.09 Å². The Morgan fingerprint density at radius 1 is 0.889 bits per heavy atom. The monoisotopic (exact) mass is 614 g/mol. The average Bonchev–Trinajstić information content (AvgIpc) is 3.51. The lowest BCUT2D eigenvalue weighted by molar-refractivity contribution is 0.0468. The van der Waals surface area contributed by atoms with Gasteiger partial charge in [-0.3, -0.25) is 14.9 Å². The first kappa shape index (κ1) is 31.6.